The van der Waals surface area contributed by atoms with Gasteiger partial charge >= 0.3 is 0 Å². The quantitative estimate of drug-likeness (QED) is 0.900. The molecule has 5 heteroatoms. The van der Waals surface area contributed by atoms with Crippen LogP contribution in [-0.4, -0.2) is 21.5 Å². The van der Waals surface area contributed by atoms with Gasteiger partial charge in [0.25, 0.3) is 0 Å². The van der Waals surface area contributed by atoms with Crippen LogP contribution in [0.5, 0.6) is 0 Å². The molecule has 0 atom stereocenters. The Kier molecular flexibility index (Phi) is 4.27. The van der Waals surface area contributed by atoms with Crippen molar-refractivity contribution in [1.29, 1.82) is 0 Å². The van der Waals surface area contributed by atoms with Crippen molar-refractivity contribution in [2.45, 2.75) is 27.3 Å². The van der Waals surface area contributed by atoms with Crippen LogP contribution in [0.15, 0.2) is 24.4 Å². The fourth-order valence-electron chi connectivity index (χ4n) is 1.95. The fraction of sp³-hybridized carbons (Fsp3) is 0.429. The van der Waals surface area contributed by atoms with Gasteiger partial charge in [-0.2, -0.15) is 0 Å². The summed E-state index contributed by atoms with van der Waals surface area (Å²) in [5.41, 5.74) is 2.17. The van der Waals surface area contributed by atoms with Crippen molar-refractivity contribution in [3.63, 3.8) is 0 Å². The highest BCUT2D eigenvalue weighted by Crippen LogP contribution is 2.18. The Balaban J connectivity index is 2.24. The molecule has 0 fully saturated rings. The molecule has 1 heterocycles. The standard InChI is InChI=1S/C14H19FN4/c1-10(2)7-16-8-12-9-17-18-19(12)14-11(3)5-4-6-13(14)15/h4-6,9-10,16H,7-8H2,1-3H3. The van der Waals surface area contributed by atoms with Gasteiger partial charge in [-0.25, -0.2) is 9.07 Å². The van der Waals surface area contributed by atoms with Gasteiger partial charge < -0.3 is 5.32 Å². The second-order valence-electron chi connectivity index (χ2n) is 5.07. The average molecular weight is 262 g/mol. The highest BCUT2D eigenvalue weighted by Gasteiger charge is 2.12. The number of benzene rings is 1. The smallest absolute Gasteiger partial charge is 0.149 e. The molecule has 0 spiro atoms. The lowest BCUT2D eigenvalue weighted by Gasteiger charge is -2.11. The van der Waals surface area contributed by atoms with Gasteiger partial charge in [-0.3, -0.25) is 0 Å². The minimum absolute atomic E-state index is 0.282. The van der Waals surface area contributed by atoms with E-state index in [1.54, 1.807) is 16.9 Å². The highest BCUT2D eigenvalue weighted by molar-refractivity contribution is 5.41. The Morgan fingerprint density at radius 1 is 1.37 bits per heavy atom. The first-order chi connectivity index (χ1) is 9.09. The lowest BCUT2D eigenvalue weighted by atomic mass is 10.2. The van der Waals surface area contributed by atoms with Gasteiger partial charge in [-0.1, -0.05) is 31.2 Å². The van der Waals surface area contributed by atoms with Crippen LogP contribution in [-0.2, 0) is 6.54 Å². The summed E-state index contributed by atoms with van der Waals surface area (Å²) in [7, 11) is 0. The number of hydrogen-bond donors (Lipinski definition) is 1. The molecule has 0 saturated heterocycles. The second kappa shape index (κ2) is 5.93. The van der Waals surface area contributed by atoms with Crippen LogP contribution >= 0.6 is 0 Å². The zero-order valence-electron chi connectivity index (χ0n) is 11.5. The molecule has 0 radical (unpaired) electrons. The van der Waals surface area contributed by atoms with Crippen molar-refractivity contribution in [3.8, 4) is 5.69 Å². The molecule has 0 bridgehead atoms. The average Bonchev–Trinajstić information content (AvgIpc) is 2.77. The first-order valence-corrected chi connectivity index (χ1v) is 6.45. The fourth-order valence-corrected chi connectivity index (χ4v) is 1.95. The van der Waals surface area contributed by atoms with Gasteiger partial charge in [0.1, 0.15) is 11.5 Å². The number of nitrogens with one attached hydrogen (secondary N) is 1. The Morgan fingerprint density at radius 2 is 2.16 bits per heavy atom. The summed E-state index contributed by atoms with van der Waals surface area (Å²) in [5, 5.41) is 11.2. The number of rotatable bonds is 5. The molecule has 19 heavy (non-hydrogen) atoms. The maximum absolute atomic E-state index is 13.9. The van der Waals surface area contributed by atoms with E-state index in [1.165, 1.54) is 6.07 Å². The summed E-state index contributed by atoms with van der Waals surface area (Å²) in [6.45, 7) is 7.68. The molecule has 1 aromatic heterocycles. The molecule has 0 aliphatic rings. The monoisotopic (exact) mass is 262 g/mol. The normalized spacial score (nSPS) is 11.2. The third kappa shape index (κ3) is 3.17. The number of para-hydroxylation sites is 1. The lowest BCUT2D eigenvalue weighted by molar-refractivity contribution is 0.538. The molecule has 4 nitrogen and oxygen atoms in total. The largest absolute Gasteiger partial charge is 0.311 e. The molecule has 2 aromatic rings. The zero-order chi connectivity index (χ0) is 13.8. The molecule has 0 unspecified atom stereocenters. The van der Waals surface area contributed by atoms with Gasteiger partial charge in [-0.05, 0) is 31.0 Å². The minimum Gasteiger partial charge on any atom is -0.311 e. The molecule has 102 valence electrons. The molecule has 1 N–H and O–H groups in total. The predicted molar refractivity (Wildman–Crippen MR) is 72.6 cm³/mol. The van der Waals surface area contributed by atoms with Crippen molar-refractivity contribution < 1.29 is 4.39 Å². The number of aromatic nitrogens is 3. The Bertz CT molecular complexity index is 528. The van der Waals surface area contributed by atoms with Crippen LogP contribution in [0.3, 0.4) is 0 Å². The molecule has 0 amide bonds. The van der Waals surface area contributed by atoms with E-state index in [0.29, 0.717) is 18.2 Å². The molecule has 0 saturated carbocycles. The zero-order valence-corrected chi connectivity index (χ0v) is 11.5. The van der Waals surface area contributed by atoms with Crippen LogP contribution in [0.1, 0.15) is 25.1 Å². The van der Waals surface area contributed by atoms with E-state index in [-0.39, 0.29) is 5.82 Å². The van der Waals surface area contributed by atoms with Gasteiger partial charge in [0.05, 0.1) is 11.9 Å². The van der Waals surface area contributed by atoms with E-state index in [1.807, 2.05) is 13.0 Å². The Morgan fingerprint density at radius 3 is 2.84 bits per heavy atom. The van der Waals surface area contributed by atoms with Crippen molar-refractivity contribution in [1.82, 2.24) is 20.3 Å². The maximum Gasteiger partial charge on any atom is 0.149 e. The summed E-state index contributed by atoms with van der Waals surface area (Å²) in [5.74, 6) is 0.287. The van der Waals surface area contributed by atoms with Gasteiger partial charge in [0.2, 0.25) is 0 Å². The van der Waals surface area contributed by atoms with E-state index in [0.717, 1.165) is 17.8 Å². The molecule has 1 aromatic carbocycles. The van der Waals surface area contributed by atoms with Crippen LogP contribution < -0.4 is 5.32 Å². The van der Waals surface area contributed by atoms with Crippen molar-refractivity contribution in [2.75, 3.05) is 6.54 Å². The molecule has 0 aliphatic carbocycles. The van der Waals surface area contributed by atoms with E-state index in [9.17, 15) is 4.39 Å². The van der Waals surface area contributed by atoms with Gasteiger partial charge in [-0.15, -0.1) is 5.10 Å². The number of nitrogens with zero attached hydrogens (tertiary/aromatic N) is 3. The van der Waals surface area contributed by atoms with Gasteiger partial charge in [0.15, 0.2) is 0 Å². The predicted octanol–water partition coefficient (Wildman–Crippen LogP) is 2.46. The van der Waals surface area contributed by atoms with Crippen molar-refractivity contribution in [2.24, 2.45) is 5.92 Å². The molecular formula is C14H19FN4. The Labute approximate surface area is 112 Å². The van der Waals surface area contributed by atoms with Crippen molar-refractivity contribution >= 4 is 0 Å². The van der Waals surface area contributed by atoms with Crippen LogP contribution in [0.4, 0.5) is 4.39 Å². The lowest BCUT2D eigenvalue weighted by Crippen LogP contribution is -2.21. The minimum atomic E-state index is -0.282. The second-order valence-corrected chi connectivity index (χ2v) is 5.07. The summed E-state index contributed by atoms with van der Waals surface area (Å²) in [4.78, 5) is 0. The summed E-state index contributed by atoms with van der Waals surface area (Å²) < 4.78 is 15.5. The van der Waals surface area contributed by atoms with Crippen LogP contribution in [0, 0.1) is 18.7 Å². The van der Waals surface area contributed by atoms with E-state index < -0.39 is 0 Å². The first kappa shape index (κ1) is 13.7. The maximum atomic E-state index is 13.9. The molecule has 0 aliphatic heterocycles. The van der Waals surface area contributed by atoms with E-state index in [2.05, 4.69) is 29.5 Å². The van der Waals surface area contributed by atoms with E-state index >= 15 is 0 Å². The molecule has 2 rings (SSSR count). The first-order valence-electron chi connectivity index (χ1n) is 6.45. The summed E-state index contributed by atoms with van der Waals surface area (Å²) in [6, 6.07) is 5.00. The Hall–Kier alpha value is -1.75. The van der Waals surface area contributed by atoms with Crippen LogP contribution in [0.2, 0.25) is 0 Å². The van der Waals surface area contributed by atoms with E-state index in [4.69, 9.17) is 0 Å². The third-order valence-corrected chi connectivity index (χ3v) is 2.88. The number of hydrogen-bond acceptors (Lipinski definition) is 3. The number of aryl methyl sites for hydroxylation is 1. The van der Waals surface area contributed by atoms with Crippen molar-refractivity contribution in [3.05, 3.63) is 41.5 Å². The highest BCUT2D eigenvalue weighted by atomic mass is 19.1. The van der Waals surface area contributed by atoms with Gasteiger partial charge in [0, 0.05) is 6.54 Å². The summed E-state index contributed by atoms with van der Waals surface area (Å²) in [6.07, 6.45) is 1.67. The topological polar surface area (TPSA) is 42.7 Å². The SMILES string of the molecule is Cc1cccc(F)c1-n1nncc1CNCC(C)C. The van der Waals surface area contributed by atoms with Crippen LogP contribution in [0.25, 0.3) is 5.69 Å². The molecular weight excluding hydrogens is 243 g/mol. The third-order valence-electron chi connectivity index (χ3n) is 2.88. The number of halogens is 1. The summed E-state index contributed by atoms with van der Waals surface area (Å²) >= 11 is 0.